The van der Waals surface area contributed by atoms with Crippen molar-refractivity contribution in [2.75, 3.05) is 13.2 Å². The molecule has 6 nitrogen and oxygen atoms in total. The van der Waals surface area contributed by atoms with Gasteiger partial charge in [0.15, 0.2) is 6.10 Å². The summed E-state index contributed by atoms with van der Waals surface area (Å²) in [6.07, 6.45) is 75.6. The molecule has 0 aromatic carbocycles. The normalized spacial score (nSPS) is 12.3. The highest BCUT2D eigenvalue weighted by molar-refractivity contribution is 5.71. The van der Waals surface area contributed by atoms with Gasteiger partial charge in [-0.25, -0.2) is 0 Å². The Morgan fingerprint density at radius 3 is 0.847 bits per heavy atom. The van der Waals surface area contributed by atoms with Crippen LogP contribution in [0.15, 0.2) is 48.6 Å². The highest BCUT2D eigenvalue weighted by Gasteiger charge is 2.19. The van der Waals surface area contributed by atoms with E-state index in [0.717, 1.165) is 109 Å². The molecule has 72 heavy (non-hydrogen) atoms. The molecule has 1 atom stereocenters. The van der Waals surface area contributed by atoms with Crippen LogP contribution < -0.4 is 0 Å². The monoisotopic (exact) mass is 1010 g/mol. The van der Waals surface area contributed by atoms with E-state index >= 15 is 0 Å². The first-order valence-corrected chi connectivity index (χ1v) is 31.6. The molecular weight excluding hydrogens is 889 g/mol. The van der Waals surface area contributed by atoms with Crippen molar-refractivity contribution in [3.8, 4) is 0 Å². The van der Waals surface area contributed by atoms with E-state index in [1.54, 1.807) is 0 Å². The van der Waals surface area contributed by atoms with Gasteiger partial charge in [-0.3, -0.25) is 14.4 Å². The third-order valence-electron chi connectivity index (χ3n) is 14.0. The molecule has 0 saturated heterocycles. The molecule has 0 N–H and O–H groups in total. The molecule has 0 radical (unpaired) electrons. The minimum Gasteiger partial charge on any atom is -0.462 e. The first-order chi connectivity index (χ1) is 35.5. The number of rotatable bonds is 58. The zero-order valence-electron chi connectivity index (χ0n) is 48.2. The van der Waals surface area contributed by atoms with Crippen molar-refractivity contribution in [2.45, 2.75) is 341 Å². The van der Waals surface area contributed by atoms with E-state index in [1.807, 2.05) is 0 Å². The molecule has 0 aromatic rings. The Hall–Kier alpha value is -2.63. The summed E-state index contributed by atoms with van der Waals surface area (Å²) < 4.78 is 16.9. The highest BCUT2D eigenvalue weighted by Crippen LogP contribution is 2.17. The first-order valence-electron chi connectivity index (χ1n) is 31.6. The van der Waals surface area contributed by atoms with Gasteiger partial charge in [0.05, 0.1) is 0 Å². The van der Waals surface area contributed by atoms with Gasteiger partial charge in [0.2, 0.25) is 0 Å². The second kappa shape index (κ2) is 60.9. The second-order valence-electron chi connectivity index (χ2n) is 21.3. The van der Waals surface area contributed by atoms with Crippen LogP contribution in [0.1, 0.15) is 335 Å². The number of allylic oxidation sites excluding steroid dienone is 8. The third-order valence-corrected chi connectivity index (χ3v) is 14.0. The Bertz CT molecular complexity index is 1250. The molecule has 0 spiro atoms. The van der Waals surface area contributed by atoms with Crippen LogP contribution >= 0.6 is 0 Å². The maximum atomic E-state index is 12.9. The molecule has 1 unspecified atom stereocenters. The van der Waals surface area contributed by atoms with Gasteiger partial charge in [0.25, 0.3) is 0 Å². The van der Waals surface area contributed by atoms with Crippen LogP contribution in [0.4, 0.5) is 0 Å². The van der Waals surface area contributed by atoms with Crippen LogP contribution in [0, 0.1) is 0 Å². The lowest BCUT2D eigenvalue weighted by atomic mass is 10.0. The van der Waals surface area contributed by atoms with Crippen LogP contribution in [-0.4, -0.2) is 37.2 Å². The number of unbranched alkanes of at least 4 members (excludes halogenated alkanes) is 39. The topological polar surface area (TPSA) is 78.9 Å². The van der Waals surface area contributed by atoms with Crippen LogP contribution in [0.2, 0.25) is 0 Å². The van der Waals surface area contributed by atoms with E-state index in [-0.39, 0.29) is 31.1 Å². The number of ether oxygens (including phenoxy) is 3. The number of hydrogen-bond acceptors (Lipinski definition) is 6. The lowest BCUT2D eigenvalue weighted by molar-refractivity contribution is -0.167. The number of hydrogen-bond donors (Lipinski definition) is 0. The van der Waals surface area contributed by atoms with Gasteiger partial charge in [-0.15, -0.1) is 0 Å². The van der Waals surface area contributed by atoms with Gasteiger partial charge in [0.1, 0.15) is 13.2 Å². The number of esters is 3. The molecule has 6 heteroatoms. The smallest absolute Gasteiger partial charge is 0.306 e. The van der Waals surface area contributed by atoms with Crippen molar-refractivity contribution in [3.05, 3.63) is 48.6 Å². The van der Waals surface area contributed by atoms with Crippen LogP contribution in [0.25, 0.3) is 0 Å². The van der Waals surface area contributed by atoms with Crippen molar-refractivity contribution in [1.29, 1.82) is 0 Å². The van der Waals surface area contributed by atoms with Crippen molar-refractivity contribution in [2.24, 2.45) is 0 Å². The minimum absolute atomic E-state index is 0.0804. The van der Waals surface area contributed by atoms with E-state index in [4.69, 9.17) is 14.2 Å². The Labute approximate surface area is 448 Å². The fourth-order valence-electron chi connectivity index (χ4n) is 9.28. The summed E-state index contributed by atoms with van der Waals surface area (Å²) in [4.78, 5) is 38.2. The van der Waals surface area contributed by atoms with Gasteiger partial charge >= 0.3 is 17.9 Å². The molecule has 0 fully saturated rings. The summed E-state index contributed by atoms with van der Waals surface area (Å²) in [6.45, 7) is 6.57. The van der Waals surface area contributed by atoms with Gasteiger partial charge in [-0.2, -0.15) is 0 Å². The molecular formula is C66H120O6. The maximum Gasteiger partial charge on any atom is 0.306 e. The molecule has 0 bridgehead atoms. The molecule has 0 aliphatic rings. The van der Waals surface area contributed by atoms with Gasteiger partial charge in [0, 0.05) is 19.3 Å². The summed E-state index contributed by atoms with van der Waals surface area (Å²) in [5.41, 5.74) is 0. The Kier molecular flexibility index (Phi) is 58.7. The van der Waals surface area contributed by atoms with Gasteiger partial charge in [-0.05, 0) is 77.0 Å². The molecule has 0 saturated carbocycles. The van der Waals surface area contributed by atoms with E-state index in [9.17, 15) is 14.4 Å². The zero-order chi connectivity index (χ0) is 52.2. The highest BCUT2D eigenvalue weighted by atomic mass is 16.6. The van der Waals surface area contributed by atoms with E-state index in [0.29, 0.717) is 19.3 Å². The average molecular weight is 1010 g/mol. The van der Waals surface area contributed by atoms with Crippen molar-refractivity contribution in [3.63, 3.8) is 0 Å². The van der Waals surface area contributed by atoms with Gasteiger partial charge in [-0.1, -0.05) is 288 Å². The summed E-state index contributed by atoms with van der Waals surface area (Å²) in [6, 6.07) is 0. The quantitative estimate of drug-likeness (QED) is 0.0261. The maximum absolute atomic E-state index is 12.9. The van der Waals surface area contributed by atoms with Crippen molar-refractivity contribution >= 4 is 17.9 Å². The molecule has 0 heterocycles. The first kappa shape index (κ1) is 69.4. The third kappa shape index (κ3) is 58.3. The Morgan fingerprint density at radius 1 is 0.278 bits per heavy atom. The minimum atomic E-state index is -0.785. The zero-order valence-corrected chi connectivity index (χ0v) is 48.2. The Morgan fingerprint density at radius 2 is 0.528 bits per heavy atom. The van der Waals surface area contributed by atoms with Crippen LogP contribution in [0.5, 0.6) is 0 Å². The van der Waals surface area contributed by atoms with Crippen molar-refractivity contribution < 1.29 is 28.6 Å². The predicted molar refractivity (Wildman–Crippen MR) is 312 cm³/mol. The molecule has 420 valence electrons. The Balaban J connectivity index is 4.22. The molecule has 0 rings (SSSR count). The number of carbonyl (C=O) groups excluding carboxylic acids is 3. The summed E-state index contributed by atoms with van der Waals surface area (Å²) in [7, 11) is 0. The largest absolute Gasteiger partial charge is 0.462 e. The van der Waals surface area contributed by atoms with E-state index < -0.39 is 6.10 Å². The predicted octanol–water partition coefficient (Wildman–Crippen LogP) is 21.4. The van der Waals surface area contributed by atoms with Crippen LogP contribution in [0.3, 0.4) is 0 Å². The second-order valence-corrected chi connectivity index (χ2v) is 21.3. The molecule has 0 aromatic heterocycles. The van der Waals surface area contributed by atoms with Crippen molar-refractivity contribution in [1.82, 2.24) is 0 Å². The summed E-state index contributed by atoms with van der Waals surface area (Å²) in [5, 5.41) is 0. The lowest BCUT2D eigenvalue weighted by Crippen LogP contribution is -2.30. The number of carbonyl (C=O) groups is 3. The SMILES string of the molecule is CCC/C=C\C/C=C\CCCCCCCC(=O)OCC(COC(=O)CCCCCCCCCCCCCCCCCCCCCCCCCCCC)OC(=O)CCCCCCC/C=C\C/C=C\CCCCC. The molecule has 0 amide bonds. The molecule has 0 aliphatic heterocycles. The summed E-state index contributed by atoms with van der Waals surface area (Å²) >= 11 is 0. The van der Waals surface area contributed by atoms with E-state index in [2.05, 4.69) is 69.4 Å². The lowest BCUT2D eigenvalue weighted by Gasteiger charge is -2.18. The summed E-state index contributed by atoms with van der Waals surface area (Å²) in [5.74, 6) is -0.892. The fourth-order valence-corrected chi connectivity index (χ4v) is 9.28. The van der Waals surface area contributed by atoms with Gasteiger partial charge < -0.3 is 14.2 Å². The molecule has 0 aliphatic carbocycles. The van der Waals surface area contributed by atoms with Crippen LogP contribution in [-0.2, 0) is 28.6 Å². The van der Waals surface area contributed by atoms with E-state index in [1.165, 1.54) is 186 Å². The standard InChI is InChI=1S/C66H120O6/c1-4-7-10-13-16-19-22-25-27-28-29-30-31-32-33-34-35-36-37-39-41-44-47-50-53-56-59-65(68)71-62-63(61-70-64(67)58-55-52-49-46-43-40-24-21-18-15-12-9-6-3)72-66(69)60-57-54-51-48-45-42-38-26-23-20-17-14-11-8-5-2/h12,15,17,20-21,24,26,38,63H,4-11,13-14,16,18-19,22-23,25,27-37,39-62H2,1-3H3/b15-12-,20-17-,24-21-,38-26-. The average Bonchev–Trinajstić information content (AvgIpc) is 3.38. The fraction of sp³-hybridized carbons (Fsp3) is 0.833.